The number of rotatable bonds is 6. The van der Waals surface area contributed by atoms with Crippen molar-refractivity contribution < 1.29 is 18.7 Å². The lowest BCUT2D eigenvalue weighted by molar-refractivity contribution is -0.111. The van der Waals surface area contributed by atoms with Gasteiger partial charge in [-0.3, -0.25) is 4.79 Å². The monoisotopic (exact) mass is 469 g/mol. The molecule has 0 spiro atoms. The Kier molecular flexibility index (Phi) is 6.82. The molecule has 7 heteroatoms. The van der Waals surface area contributed by atoms with Crippen molar-refractivity contribution in [3.05, 3.63) is 68.8 Å². The zero-order valence-electron chi connectivity index (χ0n) is 18.0. The van der Waals surface area contributed by atoms with Gasteiger partial charge in [0.25, 0.3) is 0 Å². The minimum absolute atomic E-state index is 0.295. The number of esters is 1. The molecule has 166 valence electrons. The summed E-state index contributed by atoms with van der Waals surface area (Å²) in [6, 6.07) is 9.36. The Morgan fingerprint density at radius 3 is 2.81 bits per heavy atom. The van der Waals surface area contributed by atoms with Crippen molar-refractivity contribution in [1.82, 2.24) is 0 Å². The molecule has 32 heavy (non-hydrogen) atoms. The van der Waals surface area contributed by atoms with Crippen molar-refractivity contribution in [2.45, 2.75) is 39.5 Å². The second kappa shape index (κ2) is 9.76. The maximum absolute atomic E-state index is 12.6. The van der Waals surface area contributed by atoms with Crippen LogP contribution in [-0.2, 0) is 22.4 Å². The fourth-order valence-corrected chi connectivity index (χ4v) is 5.19. The summed E-state index contributed by atoms with van der Waals surface area (Å²) in [5.41, 5.74) is 3.39. The second-order valence-electron chi connectivity index (χ2n) is 7.62. The number of amides is 1. The standard InChI is InChI=1S/C25H24ClNO4S/c1-3-30-25(29)23-18-6-4-5-7-21(18)32-24(23)27-22(28)13-11-17-10-12-20(31-17)16-9-8-15(2)19(26)14-16/h8-14H,3-7H2,1-2H3,(H,27,28)/b13-11+. The topological polar surface area (TPSA) is 68.5 Å². The summed E-state index contributed by atoms with van der Waals surface area (Å²) in [6.07, 6.45) is 6.90. The van der Waals surface area contributed by atoms with E-state index in [-0.39, 0.29) is 11.9 Å². The minimum atomic E-state index is -0.376. The fourth-order valence-electron chi connectivity index (χ4n) is 3.73. The molecule has 0 bridgehead atoms. The summed E-state index contributed by atoms with van der Waals surface area (Å²) >= 11 is 7.67. The molecule has 1 N–H and O–H groups in total. The summed E-state index contributed by atoms with van der Waals surface area (Å²) < 4.78 is 11.1. The van der Waals surface area contributed by atoms with Gasteiger partial charge in [-0.15, -0.1) is 11.3 Å². The number of fused-ring (bicyclic) bond motifs is 1. The maximum atomic E-state index is 12.6. The Hall–Kier alpha value is -2.83. The minimum Gasteiger partial charge on any atom is -0.462 e. The van der Waals surface area contributed by atoms with Crippen LogP contribution >= 0.6 is 22.9 Å². The first kappa shape index (κ1) is 22.4. The number of hydrogen-bond acceptors (Lipinski definition) is 5. The van der Waals surface area contributed by atoms with E-state index in [1.165, 1.54) is 17.4 Å². The predicted octanol–water partition coefficient (Wildman–Crippen LogP) is 6.68. The third kappa shape index (κ3) is 4.81. The predicted molar refractivity (Wildman–Crippen MR) is 128 cm³/mol. The normalized spacial score (nSPS) is 13.2. The fraction of sp³-hybridized carbons (Fsp3) is 0.280. The number of halogens is 1. The van der Waals surface area contributed by atoms with Gasteiger partial charge in [0.2, 0.25) is 5.91 Å². The Morgan fingerprint density at radius 2 is 2.03 bits per heavy atom. The van der Waals surface area contributed by atoms with Gasteiger partial charge >= 0.3 is 5.97 Å². The molecular weight excluding hydrogens is 446 g/mol. The van der Waals surface area contributed by atoms with Crippen LogP contribution in [0.3, 0.4) is 0 Å². The van der Waals surface area contributed by atoms with E-state index in [2.05, 4.69) is 5.32 Å². The molecule has 0 radical (unpaired) electrons. The average Bonchev–Trinajstić information content (AvgIpc) is 3.39. The lowest BCUT2D eigenvalue weighted by atomic mass is 9.95. The highest BCUT2D eigenvalue weighted by atomic mass is 35.5. The maximum Gasteiger partial charge on any atom is 0.341 e. The molecule has 0 fully saturated rings. The summed E-state index contributed by atoms with van der Waals surface area (Å²) in [5, 5.41) is 4.09. The van der Waals surface area contributed by atoms with Gasteiger partial charge in [-0.1, -0.05) is 23.7 Å². The van der Waals surface area contributed by atoms with Crippen LogP contribution in [0, 0.1) is 6.92 Å². The molecule has 1 aromatic carbocycles. The molecule has 1 aliphatic carbocycles. The Morgan fingerprint density at radius 1 is 1.22 bits per heavy atom. The third-order valence-electron chi connectivity index (χ3n) is 5.37. The van der Waals surface area contributed by atoms with E-state index in [0.717, 1.165) is 47.3 Å². The number of nitrogens with one attached hydrogen (secondary N) is 1. The van der Waals surface area contributed by atoms with Crippen molar-refractivity contribution in [3.8, 4) is 11.3 Å². The van der Waals surface area contributed by atoms with Crippen LogP contribution in [0.15, 0.2) is 40.8 Å². The highest BCUT2D eigenvalue weighted by Gasteiger charge is 2.26. The van der Waals surface area contributed by atoms with E-state index in [1.54, 1.807) is 19.1 Å². The van der Waals surface area contributed by atoms with Gasteiger partial charge in [-0.25, -0.2) is 4.79 Å². The number of ether oxygens (including phenoxy) is 1. The number of thiophene rings is 1. The van der Waals surface area contributed by atoms with Crippen molar-refractivity contribution in [2.75, 3.05) is 11.9 Å². The number of aryl methyl sites for hydroxylation is 2. The molecular formula is C25H24ClNO4S. The zero-order chi connectivity index (χ0) is 22.7. The SMILES string of the molecule is CCOC(=O)c1c(NC(=O)/C=C/c2ccc(-c3ccc(C)c(Cl)c3)o2)sc2c1CCCC2. The van der Waals surface area contributed by atoms with Gasteiger partial charge in [0.05, 0.1) is 12.2 Å². The summed E-state index contributed by atoms with van der Waals surface area (Å²) in [7, 11) is 0. The van der Waals surface area contributed by atoms with Crippen LogP contribution in [0.4, 0.5) is 5.00 Å². The van der Waals surface area contributed by atoms with Crippen LogP contribution in [0.1, 0.15) is 51.9 Å². The Labute approximate surface area is 196 Å². The van der Waals surface area contributed by atoms with E-state index in [9.17, 15) is 9.59 Å². The number of hydrogen-bond donors (Lipinski definition) is 1. The van der Waals surface area contributed by atoms with E-state index < -0.39 is 0 Å². The van der Waals surface area contributed by atoms with Crippen molar-refractivity contribution in [2.24, 2.45) is 0 Å². The molecule has 5 nitrogen and oxygen atoms in total. The summed E-state index contributed by atoms with van der Waals surface area (Å²) in [6.45, 7) is 4.02. The van der Waals surface area contributed by atoms with Crippen LogP contribution in [-0.4, -0.2) is 18.5 Å². The quantitative estimate of drug-likeness (QED) is 0.323. The third-order valence-corrected chi connectivity index (χ3v) is 6.98. The molecule has 0 unspecified atom stereocenters. The van der Waals surface area contributed by atoms with Gasteiger partial charge in [0.1, 0.15) is 16.5 Å². The number of carbonyl (C=O) groups excluding carboxylic acids is 2. The average molecular weight is 470 g/mol. The molecule has 1 amide bonds. The number of benzene rings is 1. The first-order valence-electron chi connectivity index (χ1n) is 10.6. The molecule has 2 heterocycles. The highest BCUT2D eigenvalue weighted by Crippen LogP contribution is 2.38. The zero-order valence-corrected chi connectivity index (χ0v) is 19.6. The number of furan rings is 1. The summed E-state index contributed by atoms with van der Waals surface area (Å²) in [4.78, 5) is 26.3. The van der Waals surface area contributed by atoms with Crippen molar-refractivity contribution in [1.29, 1.82) is 0 Å². The first-order chi connectivity index (χ1) is 15.5. The van der Waals surface area contributed by atoms with Crippen LogP contribution in [0.2, 0.25) is 5.02 Å². The molecule has 0 aliphatic heterocycles. The van der Waals surface area contributed by atoms with Crippen LogP contribution < -0.4 is 5.32 Å². The second-order valence-corrected chi connectivity index (χ2v) is 9.14. The van der Waals surface area contributed by atoms with E-state index in [0.29, 0.717) is 33.7 Å². The van der Waals surface area contributed by atoms with Crippen molar-refractivity contribution >= 4 is 45.9 Å². The largest absolute Gasteiger partial charge is 0.462 e. The lowest BCUT2D eigenvalue weighted by Gasteiger charge is -2.12. The molecule has 2 aromatic heterocycles. The molecule has 1 aliphatic rings. The summed E-state index contributed by atoms with van der Waals surface area (Å²) in [5.74, 6) is 0.509. The van der Waals surface area contributed by atoms with Gasteiger partial charge < -0.3 is 14.5 Å². The molecule has 0 saturated carbocycles. The molecule has 4 rings (SSSR count). The highest BCUT2D eigenvalue weighted by molar-refractivity contribution is 7.17. The smallest absolute Gasteiger partial charge is 0.341 e. The van der Waals surface area contributed by atoms with Crippen LogP contribution in [0.25, 0.3) is 17.4 Å². The Balaban J connectivity index is 1.49. The lowest BCUT2D eigenvalue weighted by Crippen LogP contribution is -2.14. The van der Waals surface area contributed by atoms with Gasteiger partial charge in [-0.2, -0.15) is 0 Å². The number of carbonyl (C=O) groups is 2. The van der Waals surface area contributed by atoms with Gasteiger partial charge in [0, 0.05) is 21.5 Å². The van der Waals surface area contributed by atoms with Gasteiger partial charge in [0.15, 0.2) is 0 Å². The van der Waals surface area contributed by atoms with Crippen LogP contribution in [0.5, 0.6) is 0 Å². The molecule has 3 aromatic rings. The Bertz CT molecular complexity index is 1190. The van der Waals surface area contributed by atoms with E-state index in [4.69, 9.17) is 20.8 Å². The van der Waals surface area contributed by atoms with E-state index >= 15 is 0 Å². The number of anilines is 1. The van der Waals surface area contributed by atoms with Gasteiger partial charge in [-0.05, 0) is 74.9 Å². The molecule has 0 atom stereocenters. The first-order valence-corrected chi connectivity index (χ1v) is 11.8. The molecule has 0 saturated heterocycles. The van der Waals surface area contributed by atoms with E-state index in [1.807, 2.05) is 31.2 Å². The van der Waals surface area contributed by atoms with Crippen molar-refractivity contribution in [3.63, 3.8) is 0 Å².